The van der Waals surface area contributed by atoms with E-state index in [1.165, 1.54) is 6.20 Å². The van der Waals surface area contributed by atoms with Crippen LogP contribution in [0.5, 0.6) is 5.75 Å². The first-order valence-electron chi connectivity index (χ1n) is 16.2. The SMILES string of the molecule is COc1cc(N2CCOCC2)c(NC(=O)NCCc2cccnc2)cc1Nc1ncc(C(=O)OC(C)C)c(-c2cn(C)c3ccccc23)n1. The highest BCUT2D eigenvalue weighted by molar-refractivity contribution is 6.03. The number of urea groups is 1. The molecule has 3 N–H and O–H groups in total. The van der Waals surface area contributed by atoms with Gasteiger partial charge in [0.1, 0.15) is 11.3 Å². The lowest BCUT2D eigenvalue weighted by molar-refractivity contribution is 0.0378. The van der Waals surface area contributed by atoms with E-state index in [1.54, 1.807) is 39.4 Å². The number of rotatable bonds is 11. The molecular weight excluding hydrogens is 624 g/mol. The molecule has 1 fully saturated rings. The van der Waals surface area contributed by atoms with Crippen molar-refractivity contribution < 1.29 is 23.8 Å². The summed E-state index contributed by atoms with van der Waals surface area (Å²) in [5.74, 6) is 0.230. The van der Waals surface area contributed by atoms with Crippen LogP contribution in [0.1, 0.15) is 29.8 Å². The summed E-state index contributed by atoms with van der Waals surface area (Å²) in [7, 11) is 3.53. The number of carbonyl (C=O) groups excluding carboxylic acids is 2. The molecule has 0 spiro atoms. The number of esters is 1. The lowest BCUT2D eigenvalue weighted by Crippen LogP contribution is -2.37. The van der Waals surface area contributed by atoms with Crippen molar-refractivity contribution in [3.05, 3.63) is 84.4 Å². The molecule has 3 aromatic heterocycles. The van der Waals surface area contributed by atoms with Gasteiger partial charge in [-0.05, 0) is 44.0 Å². The summed E-state index contributed by atoms with van der Waals surface area (Å²) >= 11 is 0. The number of nitrogens with zero attached hydrogens (tertiary/aromatic N) is 5. The maximum Gasteiger partial charge on any atom is 0.342 e. The number of hydrogen-bond donors (Lipinski definition) is 3. The third-order valence-electron chi connectivity index (χ3n) is 8.09. The Morgan fingerprint density at radius 3 is 2.61 bits per heavy atom. The van der Waals surface area contributed by atoms with Gasteiger partial charge in [0, 0.05) is 74.0 Å². The zero-order valence-corrected chi connectivity index (χ0v) is 28.0. The number of ether oxygens (including phenoxy) is 3. The molecular formula is C36H40N8O5. The minimum absolute atomic E-state index is 0.230. The number of benzene rings is 2. The fourth-order valence-electron chi connectivity index (χ4n) is 5.76. The number of nitrogens with one attached hydrogen (secondary N) is 3. The van der Waals surface area contributed by atoms with Crippen LogP contribution in [0.25, 0.3) is 22.2 Å². The number of aryl methyl sites for hydroxylation is 1. The van der Waals surface area contributed by atoms with Crippen LogP contribution in [-0.2, 0) is 22.9 Å². The van der Waals surface area contributed by atoms with E-state index in [9.17, 15) is 9.59 Å². The average Bonchev–Trinajstić information content (AvgIpc) is 3.45. The van der Waals surface area contributed by atoms with Crippen LogP contribution < -0.4 is 25.6 Å². The number of morpholine rings is 1. The van der Waals surface area contributed by atoms with E-state index in [0.717, 1.165) is 27.7 Å². The maximum atomic E-state index is 13.2. The molecule has 1 saturated heterocycles. The molecule has 49 heavy (non-hydrogen) atoms. The summed E-state index contributed by atoms with van der Waals surface area (Å²) in [4.78, 5) is 42.0. The molecule has 0 saturated carbocycles. The van der Waals surface area contributed by atoms with Gasteiger partial charge in [0.15, 0.2) is 0 Å². The van der Waals surface area contributed by atoms with Gasteiger partial charge in [-0.3, -0.25) is 4.98 Å². The van der Waals surface area contributed by atoms with Gasteiger partial charge in [0.2, 0.25) is 5.95 Å². The van der Waals surface area contributed by atoms with Crippen molar-refractivity contribution in [2.24, 2.45) is 7.05 Å². The monoisotopic (exact) mass is 664 g/mol. The summed E-state index contributed by atoms with van der Waals surface area (Å²) in [6, 6.07) is 15.1. The summed E-state index contributed by atoms with van der Waals surface area (Å²) in [5.41, 5.74) is 5.33. The second-order valence-corrected chi connectivity index (χ2v) is 11.9. The predicted molar refractivity (Wildman–Crippen MR) is 189 cm³/mol. The van der Waals surface area contributed by atoms with Crippen LogP contribution in [-0.4, -0.2) is 77.6 Å². The van der Waals surface area contributed by atoms with Gasteiger partial charge in [0.25, 0.3) is 0 Å². The highest BCUT2D eigenvalue weighted by Gasteiger charge is 2.24. The largest absolute Gasteiger partial charge is 0.494 e. The number of hydrogen-bond acceptors (Lipinski definition) is 10. The molecule has 13 heteroatoms. The molecule has 254 valence electrons. The van der Waals surface area contributed by atoms with Gasteiger partial charge < -0.3 is 39.6 Å². The van der Waals surface area contributed by atoms with E-state index in [2.05, 4.69) is 30.8 Å². The van der Waals surface area contributed by atoms with Gasteiger partial charge in [-0.15, -0.1) is 0 Å². The molecule has 0 bridgehead atoms. The Hall–Kier alpha value is -5.69. The maximum absolute atomic E-state index is 13.2. The Bertz CT molecular complexity index is 1940. The molecule has 13 nitrogen and oxygen atoms in total. The summed E-state index contributed by atoms with van der Waals surface area (Å²) in [6.07, 6.45) is 7.24. The van der Waals surface area contributed by atoms with Crippen molar-refractivity contribution in [2.75, 3.05) is 55.5 Å². The van der Waals surface area contributed by atoms with Crippen molar-refractivity contribution in [2.45, 2.75) is 26.4 Å². The van der Waals surface area contributed by atoms with Crippen LogP contribution >= 0.6 is 0 Å². The predicted octanol–water partition coefficient (Wildman–Crippen LogP) is 5.55. The number of aromatic nitrogens is 4. The Balaban J connectivity index is 1.34. The first kappa shape index (κ1) is 33.2. The normalized spacial score (nSPS) is 13.0. The number of anilines is 4. The molecule has 5 aromatic rings. The standard InChI is InChI=1S/C36H40N8O5/c1-23(2)49-34(45)26-21-39-35(42-33(26)27-22-43(3)30-10-6-5-9-25(27)30)40-29-18-28(31(19-32(29)47-4)44-14-16-48-17-15-44)41-36(46)38-13-11-24-8-7-12-37-20-24/h5-10,12,18-23H,11,13-17H2,1-4H3,(H2,38,41,46)(H,39,40,42). The third-order valence-corrected chi connectivity index (χ3v) is 8.09. The zero-order chi connectivity index (χ0) is 34.3. The smallest absolute Gasteiger partial charge is 0.342 e. The average molecular weight is 665 g/mol. The number of amides is 2. The van der Waals surface area contributed by atoms with Crippen LogP contribution in [0.3, 0.4) is 0 Å². The Kier molecular flexibility index (Phi) is 10.2. The zero-order valence-electron chi connectivity index (χ0n) is 28.0. The second kappa shape index (κ2) is 15.0. The Labute approximate surface area is 284 Å². The molecule has 6 rings (SSSR count). The first-order chi connectivity index (χ1) is 23.8. The Morgan fingerprint density at radius 2 is 1.86 bits per heavy atom. The topological polar surface area (TPSA) is 145 Å². The van der Waals surface area contributed by atoms with Gasteiger partial charge in [-0.1, -0.05) is 24.3 Å². The summed E-state index contributed by atoms with van der Waals surface area (Å²) < 4.78 is 18.9. The number of para-hydroxylation sites is 1. The van der Waals surface area contributed by atoms with Gasteiger partial charge >= 0.3 is 12.0 Å². The van der Waals surface area contributed by atoms with Gasteiger partial charge in [-0.25, -0.2) is 19.6 Å². The molecule has 2 amide bonds. The van der Waals surface area contributed by atoms with Crippen molar-refractivity contribution in [1.29, 1.82) is 0 Å². The number of fused-ring (bicyclic) bond motifs is 1. The van der Waals surface area contributed by atoms with Crippen LogP contribution in [0.4, 0.5) is 27.8 Å². The lowest BCUT2D eigenvalue weighted by atomic mass is 10.1. The van der Waals surface area contributed by atoms with Gasteiger partial charge in [0.05, 0.1) is 49.2 Å². The van der Waals surface area contributed by atoms with Crippen molar-refractivity contribution in [1.82, 2.24) is 24.8 Å². The Morgan fingerprint density at radius 1 is 1.04 bits per heavy atom. The fourth-order valence-corrected chi connectivity index (χ4v) is 5.76. The number of carbonyl (C=O) groups is 2. The van der Waals surface area contributed by atoms with Crippen LogP contribution in [0, 0.1) is 0 Å². The molecule has 0 atom stereocenters. The number of pyridine rings is 1. The van der Waals surface area contributed by atoms with E-state index in [4.69, 9.17) is 19.2 Å². The quantitative estimate of drug-likeness (QED) is 0.154. The van der Waals surface area contributed by atoms with E-state index >= 15 is 0 Å². The van der Waals surface area contributed by atoms with E-state index in [1.807, 2.05) is 60.3 Å². The first-order valence-corrected chi connectivity index (χ1v) is 16.2. The molecule has 0 unspecified atom stereocenters. The summed E-state index contributed by atoms with van der Waals surface area (Å²) in [6.45, 7) is 6.46. The minimum atomic E-state index is -0.516. The molecule has 2 aromatic carbocycles. The minimum Gasteiger partial charge on any atom is -0.494 e. The van der Waals surface area contributed by atoms with Crippen molar-refractivity contribution in [3.8, 4) is 17.0 Å². The lowest BCUT2D eigenvalue weighted by Gasteiger charge is -2.31. The van der Waals surface area contributed by atoms with Crippen LogP contribution in [0.15, 0.2) is 73.3 Å². The highest BCUT2D eigenvalue weighted by Crippen LogP contribution is 2.39. The molecule has 1 aliphatic rings. The number of methoxy groups -OCH3 is 1. The molecule has 0 radical (unpaired) electrons. The van der Waals surface area contributed by atoms with E-state index < -0.39 is 5.97 Å². The van der Waals surface area contributed by atoms with Crippen LogP contribution in [0.2, 0.25) is 0 Å². The summed E-state index contributed by atoms with van der Waals surface area (Å²) in [5, 5.41) is 10.2. The van der Waals surface area contributed by atoms with Crippen molar-refractivity contribution >= 4 is 45.9 Å². The molecule has 1 aliphatic heterocycles. The molecule has 4 heterocycles. The fraction of sp³-hybridized carbons (Fsp3) is 0.306. The van der Waals surface area contributed by atoms with Crippen molar-refractivity contribution in [3.63, 3.8) is 0 Å². The third kappa shape index (κ3) is 7.73. The van der Waals surface area contributed by atoms with E-state index in [0.29, 0.717) is 62.1 Å². The van der Waals surface area contributed by atoms with Gasteiger partial charge in [-0.2, -0.15) is 0 Å². The second-order valence-electron chi connectivity index (χ2n) is 11.9. The molecule has 0 aliphatic carbocycles. The highest BCUT2D eigenvalue weighted by atomic mass is 16.5. The van der Waals surface area contributed by atoms with E-state index in [-0.39, 0.29) is 23.6 Å².